The normalized spacial score (nSPS) is 9.90. The van der Waals surface area contributed by atoms with Crippen LogP contribution in [0, 0.1) is 5.82 Å². The third-order valence-corrected chi connectivity index (χ3v) is 2.57. The molecule has 3 amide bonds. The third kappa shape index (κ3) is 5.33. The van der Waals surface area contributed by atoms with Gasteiger partial charge in [-0.05, 0) is 28.1 Å². The summed E-state index contributed by atoms with van der Waals surface area (Å²) in [4.78, 5) is 32.8. The number of urea groups is 1. The second-order valence-corrected chi connectivity index (χ2v) is 4.34. The number of hydrogen-bond donors (Lipinski definition) is 3. The average molecular weight is 349 g/mol. The van der Waals surface area contributed by atoms with Crippen LogP contribution in [0.3, 0.4) is 0 Å². The van der Waals surface area contributed by atoms with Crippen molar-refractivity contribution in [2.24, 2.45) is 0 Å². The van der Waals surface area contributed by atoms with E-state index in [0.717, 1.165) is 6.07 Å². The number of aliphatic carboxylic acids is 1. The van der Waals surface area contributed by atoms with E-state index in [9.17, 15) is 18.8 Å². The Morgan fingerprint density at radius 2 is 2.00 bits per heavy atom. The lowest BCUT2D eigenvalue weighted by Gasteiger charge is -2.09. The van der Waals surface area contributed by atoms with Crippen LogP contribution in [0.5, 0.6) is 0 Å². The Morgan fingerprint density at radius 3 is 2.60 bits per heavy atom. The number of carbonyl (C=O) groups excluding carboxylic acids is 2. The van der Waals surface area contributed by atoms with Crippen molar-refractivity contribution in [2.45, 2.75) is 0 Å². The van der Waals surface area contributed by atoms with E-state index in [0.29, 0.717) is 4.47 Å². The number of ether oxygens (including phenoxy) is 1. The number of hydrogen-bond acceptors (Lipinski definition) is 4. The summed E-state index contributed by atoms with van der Waals surface area (Å²) in [5.74, 6) is -2.77. The van der Waals surface area contributed by atoms with Gasteiger partial charge in [-0.25, -0.2) is 14.0 Å². The van der Waals surface area contributed by atoms with E-state index in [1.165, 1.54) is 12.1 Å². The van der Waals surface area contributed by atoms with E-state index in [-0.39, 0.29) is 5.69 Å². The zero-order valence-electron chi connectivity index (χ0n) is 9.98. The van der Waals surface area contributed by atoms with Gasteiger partial charge in [-0.1, -0.05) is 6.07 Å². The van der Waals surface area contributed by atoms with Crippen LogP contribution in [0.25, 0.3) is 0 Å². The van der Waals surface area contributed by atoms with E-state index in [1.807, 2.05) is 5.32 Å². The summed E-state index contributed by atoms with van der Waals surface area (Å²) >= 11 is 3.04. The molecule has 0 heterocycles. The lowest BCUT2D eigenvalue weighted by atomic mass is 10.3. The van der Waals surface area contributed by atoms with Crippen molar-refractivity contribution in [3.05, 3.63) is 28.5 Å². The largest absolute Gasteiger partial charge is 0.480 e. The van der Waals surface area contributed by atoms with Gasteiger partial charge >= 0.3 is 12.0 Å². The van der Waals surface area contributed by atoms with Crippen LogP contribution < -0.4 is 10.6 Å². The highest BCUT2D eigenvalue weighted by molar-refractivity contribution is 9.10. The van der Waals surface area contributed by atoms with Crippen molar-refractivity contribution in [1.29, 1.82) is 0 Å². The molecule has 0 aliphatic rings. The number of carboxylic acid groups (broad SMARTS) is 1. The second kappa shape index (κ2) is 7.56. The van der Waals surface area contributed by atoms with Gasteiger partial charge in [0.15, 0.2) is 0 Å². The van der Waals surface area contributed by atoms with Crippen LogP contribution in [0.4, 0.5) is 14.9 Å². The molecule has 1 rings (SSSR count). The Hall–Kier alpha value is -2.00. The van der Waals surface area contributed by atoms with Gasteiger partial charge in [-0.15, -0.1) is 0 Å². The van der Waals surface area contributed by atoms with Crippen LogP contribution in [-0.2, 0) is 14.3 Å². The molecule has 108 valence electrons. The minimum absolute atomic E-state index is 0.121. The molecule has 0 bridgehead atoms. The SMILES string of the molecule is O=C(O)COCC(=O)NC(=O)Nc1c(F)cccc1Br. The maximum absolute atomic E-state index is 13.4. The van der Waals surface area contributed by atoms with E-state index in [2.05, 4.69) is 26.0 Å². The first kappa shape index (κ1) is 16.1. The quantitative estimate of drug-likeness (QED) is 0.744. The summed E-state index contributed by atoms with van der Waals surface area (Å²) in [6.07, 6.45) is 0. The standard InChI is InChI=1S/C11H10BrFN2O5/c12-6-2-1-3-7(13)10(6)15-11(19)14-8(16)4-20-5-9(17)18/h1-3H,4-5H2,(H,17,18)(H2,14,15,16,19). The predicted molar refractivity (Wildman–Crippen MR) is 69.7 cm³/mol. The Morgan fingerprint density at radius 1 is 1.30 bits per heavy atom. The number of halogens is 2. The highest BCUT2D eigenvalue weighted by atomic mass is 79.9. The topological polar surface area (TPSA) is 105 Å². The number of rotatable bonds is 5. The molecule has 0 aliphatic heterocycles. The first-order valence-electron chi connectivity index (χ1n) is 5.24. The molecule has 20 heavy (non-hydrogen) atoms. The van der Waals surface area contributed by atoms with Gasteiger partial charge in [0.05, 0.1) is 5.69 Å². The molecule has 9 heteroatoms. The zero-order valence-corrected chi connectivity index (χ0v) is 11.6. The molecule has 0 spiro atoms. The molecule has 0 radical (unpaired) electrons. The van der Waals surface area contributed by atoms with Crippen molar-refractivity contribution >= 4 is 39.5 Å². The Kier molecular flexibility index (Phi) is 6.07. The fourth-order valence-corrected chi connectivity index (χ4v) is 1.60. The van der Waals surface area contributed by atoms with Crippen molar-refractivity contribution in [1.82, 2.24) is 5.32 Å². The van der Waals surface area contributed by atoms with Crippen molar-refractivity contribution in [3.8, 4) is 0 Å². The molecule has 0 saturated carbocycles. The van der Waals surface area contributed by atoms with E-state index in [4.69, 9.17) is 5.11 Å². The molecule has 0 unspecified atom stereocenters. The number of nitrogens with one attached hydrogen (secondary N) is 2. The summed E-state index contributed by atoms with van der Waals surface area (Å²) in [5, 5.41) is 12.3. The molecule has 0 aromatic heterocycles. The molecule has 0 saturated heterocycles. The summed E-state index contributed by atoms with van der Waals surface area (Å²) in [6, 6.07) is 3.13. The summed E-state index contributed by atoms with van der Waals surface area (Å²) < 4.78 is 18.2. The molecule has 7 nitrogen and oxygen atoms in total. The first-order chi connectivity index (χ1) is 9.40. The Bertz CT molecular complexity index is 517. The number of imide groups is 1. The van der Waals surface area contributed by atoms with Crippen molar-refractivity contribution in [2.75, 3.05) is 18.5 Å². The smallest absolute Gasteiger partial charge is 0.329 e. The number of amides is 3. The number of anilines is 1. The molecule has 1 aromatic rings. The summed E-state index contributed by atoms with van der Waals surface area (Å²) in [5.41, 5.74) is -0.121. The minimum atomic E-state index is -1.24. The zero-order chi connectivity index (χ0) is 15.1. The number of benzene rings is 1. The lowest BCUT2D eigenvalue weighted by Crippen LogP contribution is -2.37. The fourth-order valence-electron chi connectivity index (χ4n) is 1.16. The van der Waals surface area contributed by atoms with Gasteiger partial charge in [0.2, 0.25) is 0 Å². The van der Waals surface area contributed by atoms with Gasteiger partial charge < -0.3 is 15.2 Å². The van der Waals surface area contributed by atoms with E-state index in [1.54, 1.807) is 0 Å². The predicted octanol–water partition coefficient (Wildman–Crippen LogP) is 1.34. The van der Waals surface area contributed by atoms with Crippen LogP contribution in [0.1, 0.15) is 0 Å². The van der Waals surface area contributed by atoms with Gasteiger partial charge in [0, 0.05) is 4.47 Å². The molecular weight excluding hydrogens is 339 g/mol. The molecule has 3 N–H and O–H groups in total. The average Bonchev–Trinajstić information content (AvgIpc) is 2.33. The maximum atomic E-state index is 13.4. The number of carboxylic acids is 1. The van der Waals surface area contributed by atoms with Gasteiger partial charge in [-0.3, -0.25) is 10.1 Å². The molecule has 0 fully saturated rings. The highest BCUT2D eigenvalue weighted by Crippen LogP contribution is 2.24. The highest BCUT2D eigenvalue weighted by Gasteiger charge is 2.13. The minimum Gasteiger partial charge on any atom is -0.480 e. The Labute approximate surface area is 121 Å². The Balaban J connectivity index is 2.47. The van der Waals surface area contributed by atoms with Gasteiger partial charge in [0.25, 0.3) is 5.91 Å². The van der Waals surface area contributed by atoms with Crippen molar-refractivity contribution < 1.29 is 28.6 Å². The number of para-hydroxylation sites is 1. The lowest BCUT2D eigenvalue weighted by molar-refractivity contribution is -0.143. The fraction of sp³-hybridized carbons (Fsp3) is 0.182. The van der Waals surface area contributed by atoms with Crippen LogP contribution in [0.2, 0.25) is 0 Å². The van der Waals surface area contributed by atoms with Crippen molar-refractivity contribution in [3.63, 3.8) is 0 Å². The van der Waals surface area contributed by atoms with Crippen LogP contribution >= 0.6 is 15.9 Å². The maximum Gasteiger partial charge on any atom is 0.329 e. The van der Waals surface area contributed by atoms with Gasteiger partial charge in [0.1, 0.15) is 19.0 Å². The second-order valence-electron chi connectivity index (χ2n) is 3.49. The van der Waals surface area contributed by atoms with Crippen LogP contribution in [-0.4, -0.2) is 36.2 Å². The molecule has 0 aliphatic carbocycles. The molecule has 1 aromatic carbocycles. The monoisotopic (exact) mass is 348 g/mol. The molecular formula is C11H10BrFN2O5. The molecule has 0 atom stereocenters. The van der Waals surface area contributed by atoms with Gasteiger partial charge in [-0.2, -0.15) is 0 Å². The summed E-state index contributed by atoms with van der Waals surface area (Å²) in [7, 11) is 0. The summed E-state index contributed by atoms with van der Waals surface area (Å²) in [6.45, 7) is -1.26. The third-order valence-electron chi connectivity index (χ3n) is 1.91. The van der Waals surface area contributed by atoms with Crippen LogP contribution in [0.15, 0.2) is 22.7 Å². The number of carbonyl (C=O) groups is 3. The van der Waals surface area contributed by atoms with E-state index >= 15 is 0 Å². The van der Waals surface area contributed by atoms with E-state index < -0.39 is 36.9 Å². The first-order valence-corrected chi connectivity index (χ1v) is 6.04.